The molecule has 0 bridgehead atoms. The van der Waals surface area contributed by atoms with Crippen LogP contribution in [0.1, 0.15) is 27.4 Å². The summed E-state index contributed by atoms with van der Waals surface area (Å²) in [5.41, 5.74) is 3.53. The number of nitrogens with zero attached hydrogens (tertiary/aromatic N) is 5. The molecule has 0 unspecified atom stereocenters. The molecular weight excluding hydrogens is 304 g/mol. The molecule has 0 radical (unpaired) electrons. The van der Waals surface area contributed by atoms with Crippen molar-refractivity contribution < 1.29 is 4.79 Å². The van der Waals surface area contributed by atoms with Crippen LogP contribution in [0.2, 0.25) is 5.02 Å². The monoisotopic (exact) mass is 318 g/mol. The van der Waals surface area contributed by atoms with Crippen LogP contribution in [0.4, 0.5) is 0 Å². The van der Waals surface area contributed by atoms with Crippen molar-refractivity contribution in [3.05, 3.63) is 46.1 Å². The molecule has 8 heteroatoms. The fraction of sp³-hybridized carbons (Fsp3) is 0.286. The number of carbonyl (C=O) groups excluding carboxylic acids is 1. The number of hydrogen-bond donors (Lipinski definition) is 1. The summed E-state index contributed by atoms with van der Waals surface area (Å²) in [5, 5.41) is 11.6. The number of carbonyl (C=O) groups is 1. The summed E-state index contributed by atoms with van der Waals surface area (Å²) >= 11 is 6.18. The summed E-state index contributed by atoms with van der Waals surface area (Å²) in [6.07, 6.45) is 3.30. The van der Waals surface area contributed by atoms with E-state index in [0.29, 0.717) is 12.2 Å². The zero-order valence-electron chi connectivity index (χ0n) is 12.5. The number of fused-ring (bicyclic) bond motifs is 1. The number of hydrogen-bond acceptors (Lipinski definition) is 4. The molecule has 0 saturated carbocycles. The maximum Gasteiger partial charge on any atom is 0.273 e. The first kappa shape index (κ1) is 14.5. The molecule has 0 fully saturated rings. The van der Waals surface area contributed by atoms with Crippen molar-refractivity contribution in [1.29, 1.82) is 0 Å². The van der Waals surface area contributed by atoms with Gasteiger partial charge in [0, 0.05) is 37.2 Å². The van der Waals surface area contributed by atoms with E-state index in [2.05, 4.69) is 20.5 Å². The van der Waals surface area contributed by atoms with Gasteiger partial charge in [0.15, 0.2) is 11.3 Å². The number of aromatic nitrogens is 5. The second-order valence-corrected chi connectivity index (χ2v) is 5.38. The lowest BCUT2D eigenvalue weighted by atomic mass is 10.2. The molecule has 3 aromatic rings. The lowest BCUT2D eigenvalue weighted by molar-refractivity contribution is 0.0945. The Morgan fingerprint density at radius 1 is 1.36 bits per heavy atom. The van der Waals surface area contributed by atoms with Crippen LogP contribution < -0.4 is 5.32 Å². The Bertz CT molecular complexity index is 866. The number of rotatable bonds is 3. The third kappa shape index (κ3) is 2.33. The summed E-state index contributed by atoms with van der Waals surface area (Å²) < 4.78 is 3.27. The smallest absolute Gasteiger partial charge is 0.273 e. The second-order valence-electron chi connectivity index (χ2n) is 5.01. The molecule has 0 aliphatic rings. The van der Waals surface area contributed by atoms with Gasteiger partial charge in [-0.05, 0) is 19.9 Å². The van der Waals surface area contributed by atoms with Gasteiger partial charge in [0.1, 0.15) is 5.02 Å². The Balaban J connectivity index is 1.83. The van der Waals surface area contributed by atoms with Crippen LogP contribution in [0.3, 0.4) is 0 Å². The van der Waals surface area contributed by atoms with Crippen LogP contribution in [0.5, 0.6) is 0 Å². The van der Waals surface area contributed by atoms with Crippen molar-refractivity contribution >= 4 is 23.2 Å². The first-order valence-corrected chi connectivity index (χ1v) is 7.13. The second kappa shape index (κ2) is 5.42. The van der Waals surface area contributed by atoms with Crippen LogP contribution in [-0.4, -0.2) is 30.3 Å². The highest BCUT2D eigenvalue weighted by Gasteiger charge is 2.19. The van der Waals surface area contributed by atoms with Gasteiger partial charge in [-0.3, -0.25) is 9.48 Å². The SMILES string of the molecule is Cc1nn(C)c(C)c1CNC(=O)c1nn2cccnc2c1Cl. The summed E-state index contributed by atoms with van der Waals surface area (Å²) in [4.78, 5) is 16.4. The summed E-state index contributed by atoms with van der Waals surface area (Å²) in [6, 6.07) is 1.72. The Labute approximate surface area is 131 Å². The van der Waals surface area contributed by atoms with Crippen molar-refractivity contribution in [3.8, 4) is 0 Å². The van der Waals surface area contributed by atoms with Crippen LogP contribution in [0, 0.1) is 13.8 Å². The quantitative estimate of drug-likeness (QED) is 0.797. The predicted octanol–water partition coefficient (Wildman–Crippen LogP) is 1.66. The largest absolute Gasteiger partial charge is 0.346 e. The molecule has 0 saturated heterocycles. The molecule has 1 amide bonds. The van der Waals surface area contributed by atoms with Crippen LogP contribution >= 0.6 is 11.6 Å². The third-order valence-electron chi connectivity index (χ3n) is 3.64. The van der Waals surface area contributed by atoms with Crippen molar-refractivity contribution in [2.24, 2.45) is 7.05 Å². The van der Waals surface area contributed by atoms with Gasteiger partial charge in [-0.15, -0.1) is 0 Å². The molecule has 114 valence electrons. The highest BCUT2D eigenvalue weighted by atomic mass is 35.5. The maximum atomic E-state index is 12.3. The molecule has 3 rings (SSSR count). The predicted molar refractivity (Wildman–Crippen MR) is 81.8 cm³/mol. The maximum absolute atomic E-state index is 12.3. The van der Waals surface area contributed by atoms with Gasteiger partial charge < -0.3 is 5.32 Å². The van der Waals surface area contributed by atoms with Gasteiger partial charge in [-0.2, -0.15) is 10.2 Å². The van der Waals surface area contributed by atoms with Crippen molar-refractivity contribution in [2.75, 3.05) is 0 Å². The number of amides is 1. The van der Waals surface area contributed by atoms with Crippen LogP contribution in [0.15, 0.2) is 18.5 Å². The van der Waals surface area contributed by atoms with E-state index in [0.717, 1.165) is 17.0 Å². The molecule has 3 aromatic heterocycles. The molecule has 1 N–H and O–H groups in total. The average molecular weight is 319 g/mol. The van der Waals surface area contributed by atoms with Gasteiger partial charge in [0.05, 0.1) is 5.69 Å². The van der Waals surface area contributed by atoms with E-state index in [4.69, 9.17) is 11.6 Å². The fourth-order valence-corrected chi connectivity index (χ4v) is 2.59. The zero-order chi connectivity index (χ0) is 15.9. The summed E-state index contributed by atoms with van der Waals surface area (Å²) in [6.45, 7) is 4.25. The molecule has 3 heterocycles. The lowest BCUT2D eigenvalue weighted by Gasteiger charge is -2.04. The fourth-order valence-electron chi connectivity index (χ4n) is 2.33. The van der Waals surface area contributed by atoms with Crippen LogP contribution in [-0.2, 0) is 13.6 Å². The molecule has 22 heavy (non-hydrogen) atoms. The van der Waals surface area contributed by atoms with Gasteiger partial charge >= 0.3 is 0 Å². The summed E-state index contributed by atoms with van der Waals surface area (Å²) in [5.74, 6) is -0.335. The zero-order valence-corrected chi connectivity index (χ0v) is 13.2. The van der Waals surface area contributed by atoms with Crippen molar-refractivity contribution in [3.63, 3.8) is 0 Å². The van der Waals surface area contributed by atoms with E-state index in [1.165, 1.54) is 4.52 Å². The molecule has 0 aliphatic heterocycles. The normalized spacial score (nSPS) is 11.1. The average Bonchev–Trinajstić information content (AvgIpc) is 2.96. The van der Waals surface area contributed by atoms with E-state index in [1.807, 2.05) is 20.9 Å². The van der Waals surface area contributed by atoms with E-state index in [9.17, 15) is 4.79 Å². The Morgan fingerprint density at radius 2 is 2.14 bits per heavy atom. The highest BCUT2D eigenvalue weighted by Crippen LogP contribution is 2.20. The minimum atomic E-state index is -0.335. The minimum absolute atomic E-state index is 0.166. The Morgan fingerprint density at radius 3 is 2.77 bits per heavy atom. The molecule has 0 aromatic carbocycles. The standard InChI is InChI=1S/C14H15ClN6O/c1-8-10(9(2)20(3)18-8)7-17-14(22)12-11(15)13-16-5-4-6-21(13)19-12/h4-6H,7H2,1-3H3,(H,17,22). The summed E-state index contributed by atoms with van der Waals surface area (Å²) in [7, 11) is 1.87. The Hall–Kier alpha value is -2.41. The van der Waals surface area contributed by atoms with Gasteiger partial charge in [-0.1, -0.05) is 11.6 Å². The van der Waals surface area contributed by atoms with Gasteiger partial charge in [0.25, 0.3) is 5.91 Å². The molecular formula is C14H15ClN6O. The minimum Gasteiger partial charge on any atom is -0.346 e. The van der Waals surface area contributed by atoms with E-state index < -0.39 is 0 Å². The number of halogens is 1. The first-order valence-electron chi connectivity index (χ1n) is 6.75. The number of aryl methyl sites for hydroxylation is 2. The van der Waals surface area contributed by atoms with Gasteiger partial charge in [0.2, 0.25) is 0 Å². The number of nitrogens with one attached hydrogen (secondary N) is 1. The molecule has 0 atom stereocenters. The van der Waals surface area contributed by atoms with Crippen LogP contribution in [0.25, 0.3) is 5.65 Å². The first-order chi connectivity index (χ1) is 10.5. The third-order valence-corrected chi connectivity index (χ3v) is 3.99. The molecule has 7 nitrogen and oxygen atoms in total. The van der Waals surface area contributed by atoms with E-state index >= 15 is 0 Å². The van der Waals surface area contributed by atoms with E-state index in [1.54, 1.807) is 23.1 Å². The highest BCUT2D eigenvalue weighted by molar-refractivity contribution is 6.36. The van der Waals surface area contributed by atoms with Crippen molar-refractivity contribution in [2.45, 2.75) is 20.4 Å². The van der Waals surface area contributed by atoms with Crippen molar-refractivity contribution in [1.82, 2.24) is 29.7 Å². The Kier molecular flexibility index (Phi) is 3.58. The topological polar surface area (TPSA) is 77.1 Å². The molecule has 0 aliphatic carbocycles. The van der Waals surface area contributed by atoms with E-state index in [-0.39, 0.29) is 16.6 Å². The lowest BCUT2D eigenvalue weighted by Crippen LogP contribution is -2.24. The molecule has 0 spiro atoms. The van der Waals surface area contributed by atoms with Gasteiger partial charge in [-0.25, -0.2) is 9.50 Å².